The van der Waals surface area contributed by atoms with Crippen LogP contribution in [0.25, 0.3) is 22.5 Å². The highest BCUT2D eigenvalue weighted by Crippen LogP contribution is 2.35. The van der Waals surface area contributed by atoms with Crippen molar-refractivity contribution >= 4 is 0 Å². The molecule has 198 valence electrons. The molecule has 1 N–H and O–H groups in total. The molecule has 0 saturated carbocycles. The van der Waals surface area contributed by atoms with E-state index in [-0.39, 0.29) is 5.41 Å². The Labute approximate surface area is 225 Å². The lowest BCUT2D eigenvalue weighted by atomic mass is 9.93. The number of benzene rings is 3. The van der Waals surface area contributed by atoms with Crippen LogP contribution in [0.2, 0.25) is 0 Å². The standard InChI is InChI=1S/C32H37N3O3/c1-32(22-36-20-12-19-35(2)21-25-13-6-3-7-14-25)23-37-31(38-24-32)30-33-28(26-15-8-4-9-16-26)29(34-30)27-17-10-5-11-18-27/h3-11,13-18,31H,12,19-24H2,1-2H3,(H,33,34)/t31-,32+. The van der Waals surface area contributed by atoms with E-state index in [2.05, 4.69) is 78.5 Å². The van der Waals surface area contributed by atoms with Gasteiger partial charge in [-0.1, -0.05) is 97.9 Å². The largest absolute Gasteiger partial charge is 0.381 e. The smallest absolute Gasteiger partial charge is 0.217 e. The maximum absolute atomic E-state index is 6.18. The number of imidazole rings is 1. The average Bonchev–Trinajstić information content (AvgIpc) is 3.40. The lowest BCUT2D eigenvalue weighted by Gasteiger charge is -2.36. The van der Waals surface area contributed by atoms with Crippen LogP contribution in [0.3, 0.4) is 0 Å². The fourth-order valence-corrected chi connectivity index (χ4v) is 4.74. The van der Waals surface area contributed by atoms with Gasteiger partial charge in [0, 0.05) is 36.2 Å². The Hall–Kier alpha value is -3.29. The molecule has 5 rings (SSSR count). The van der Waals surface area contributed by atoms with Crippen LogP contribution in [0.4, 0.5) is 0 Å². The fraction of sp³-hybridized carbons (Fsp3) is 0.344. The first-order chi connectivity index (χ1) is 18.6. The van der Waals surface area contributed by atoms with Gasteiger partial charge in [0.25, 0.3) is 0 Å². The van der Waals surface area contributed by atoms with Crippen molar-refractivity contribution < 1.29 is 14.2 Å². The Bertz CT molecular complexity index is 1200. The molecule has 0 atom stereocenters. The van der Waals surface area contributed by atoms with Crippen LogP contribution in [-0.4, -0.2) is 54.9 Å². The second-order valence-electron chi connectivity index (χ2n) is 10.5. The highest BCUT2D eigenvalue weighted by molar-refractivity contribution is 5.78. The molecule has 38 heavy (non-hydrogen) atoms. The number of hydrogen-bond donors (Lipinski definition) is 1. The molecule has 0 spiro atoms. The molecule has 0 amide bonds. The molecule has 1 saturated heterocycles. The average molecular weight is 512 g/mol. The molecule has 6 nitrogen and oxygen atoms in total. The predicted molar refractivity (Wildman–Crippen MR) is 150 cm³/mol. The SMILES string of the molecule is CN(CCCOC[C@]1(C)CO[C@H](c2nc(-c3ccccc3)c(-c3ccccc3)[nH]2)OC1)Cc1ccccc1. The van der Waals surface area contributed by atoms with E-state index < -0.39 is 6.29 Å². The first-order valence-electron chi connectivity index (χ1n) is 13.3. The number of hydrogen-bond acceptors (Lipinski definition) is 5. The minimum atomic E-state index is -0.533. The molecule has 1 fully saturated rings. The van der Waals surface area contributed by atoms with Crippen LogP contribution in [0.1, 0.15) is 31.0 Å². The zero-order valence-corrected chi connectivity index (χ0v) is 22.3. The first-order valence-corrected chi connectivity index (χ1v) is 13.3. The van der Waals surface area contributed by atoms with E-state index >= 15 is 0 Å². The van der Waals surface area contributed by atoms with E-state index in [0.29, 0.717) is 25.6 Å². The third-order valence-corrected chi connectivity index (χ3v) is 6.80. The van der Waals surface area contributed by atoms with Crippen molar-refractivity contribution in [1.29, 1.82) is 0 Å². The number of ether oxygens (including phenoxy) is 3. The quantitative estimate of drug-likeness (QED) is 0.238. The lowest BCUT2D eigenvalue weighted by molar-refractivity contribution is -0.242. The Morgan fingerprint density at radius 2 is 1.50 bits per heavy atom. The van der Waals surface area contributed by atoms with Gasteiger partial charge in [0.2, 0.25) is 6.29 Å². The molecule has 0 radical (unpaired) electrons. The molecular weight excluding hydrogens is 474 g/mol. The first kappa shape index (κ1) is 26.3. The fourth-order valence-electron chi connectivity index (χ4n) is 4.74. The summed E-state index contributed by atoms with van der Waals surface area (Å²) in [5.41, 5.74) is 5.13. The number of nitrogens with zero attached hydrogens (tertiary/aromatic N) is 2. The van der Waals surface area contributed by atoms with Crippen LogP contribution < -0.4 is 0 Å². The third kappa shape index (κ3) is 6.77. The summed E-state index contributed by atoms with van der Waals surface area (Å²) >= 11 is 0. The lowest BCUT2D eigenvalue weighted by Crippen LogP contribution is -2.40. The summed E-state index contributed by atoms with van der Waals surface area (Å²) in [6.45, 7) is 6.51. The highest BCUT2D eigenvalue weighted by Gasteiger charge is 2.35. The zero-order valence-electron chi connectivity index (χ0n) is 22.3. The highest BCUT2D eigenvalue weighted by atomic mass is 16.7. The van der Waals surface area contributed by atoms with Crippen LogP contribution >= 0.6 is 0 Å². The van der Waals surface area contributed by atoms with E-state index in [1.807, 2.05) is 36.4 Å². The summed E-state index contributed by atoms with van der Waals surface area (Å²) < 4.78 is 18.4. The normalized spacial score (nSPS) is 19.6. The van der Waals surface area contributed by atoms with Gasteiger partial charge in [-0.15, -0.1) is 0 Å². The molecule has 3 aromatic carbocycles. The Kier molecular flexibility index (Phi) is 8.66. The van der Waals surface area contributed by atoms with Gasteiger partial charge in [-0.2, -0.15) is 0 Å². The maximum atomic E-state index is 6.18. The topological polar surface area (TPSA) is 59.6 Å². The van der Waals surface area contributed by atoms with Crippen molar-refractivity contribution in [3.63, 3.8) is 0 Å². The number of nitrogens with one attached hydrogen (secondary N) is 1. The molecular formula is C32H37N3O3. The molecule has 2 heterocycles. The van der Waals surface area contributed by atoms with Gasteiger partial charge in [0.1, 0.15) is 0 Å². The Balaban J connectivity index is 1.13. The van der Waals surface area contributed by atoms with Crippen molar-refractivity contribution in [1.82, 2.24) is 14.9 Å². The summed E-state index contributed by atoms with van der Waals surface area (Å²) in [7, 11) is 2.15. The number of H-pyrrole nitrogens is 1. The summed E-state index contributed by atoms with van der Waals surface area (Å²) in [6.07, 6.45) is 0.454. The van der Waals surface area contributed by atoms with Crippen molar-refractivity contribution in [2.24, 2.45) is 5.41 Å². The van der Waals surface area contributed by atoms with Crippen molar-refractivity contribution in [3.8, 4) is 22.5 Å². The van der Waals surface area contributed by atoms with Gasteiger partial charge >= 0.3 is 0 Å². The van der Waals surface area contributed by atoms with E-state index in [9.17, 15) is 0 Å². The van der Waals surface area contributed by atoms with E-state index in [1.165, 1.54) is 5.56 Å². The van der Waals surface area contributed by atoms with Gasteiger partial charge in [0.05, 0.1) is 31.2 Å². The van der Waals surface area contributed by atoms with Gasteiger partial charge < -0.3 is 24.1 Å². The summed E-state index contributed by atoms with van der Waals surface area (Å²) in [4.78, 5) is 10.7. The Morgan fingerprint density at radius 3 is 2.16 bits per heavy atom. The molecule has 6 heteroatoms. The minimum Gasteiger partial charge on any atom is -0.381 e. The third-order valence-electron chi connectivity index (χ3n) is 6.80. The molecule has 0 unspecified atom stereocenters. The number of aromatic amines is 1. The summed E-state index contributed by atoms with van der Waals surface area (Å²) in [5.74, 6) is 0.687. The molecule has 4 aromatic rings. The van der Waals surface area contributed by atoms with Crippen LogP contribution in [-0.2, 0) is 20.8 Å². The van der Waals surface area contributed by atoms with Gasteiger partial charge in [-0.25, -0.2) is 4.98 Å². The number of aromatic nitrogens is 2. The Morgan fingerprint density at radius 1 is 0.895 bits per heavy atom. The molecule has 0 aliphatic carbocycles. The zero-order chi connectivity index (χ0) is 26.2. The maximum Gasteiger partial charge on any atom is 0.217 e. The van der Waals surface area contributed by atoms with Crippen LogP contribution in [0, 0.1) is 5.41 Å². The van der Waals surface area contributed by atoms with E-state index in [1.54, 1.807) is 0 Å². The van der Waals surface area contributed by atoms with E-state index in [0.717, 1.165) is 48.6 Å². The van der Waals surface area contributed by atoms with Gasteiger partial charge in [-0.05, 0) is 19.0 Å². The molecule has 1 aliphatic heterocycles. The molecule has 1 aliphatic rings. The monoisotopic (exact) mass is 511 g/mol. The van der Waals surface area contributed by atoms with Gasteiger partial charge in [-0.3, -0.25) is 0 Å². The molecule has 0 bridgehead atoms. The number of rotatable bonds is 11. The summed E-state index contributed by atoms with van der Waals surface area (Å²) in [5, 5.41) is 0. The van der Waals surface area contributed by atoms with Crippen LogP contribution in [0.5, 0.6) is 0 Å². The van der Waals surface area contributed by atoms with Gasteiger partial charge in [0.15, 0.2) is 5.82 Å². The molecule has 1 aromatic heterocycles. The van der Waals surface area contributed by atoms with Crippen molar-refractivity contribution in [3.05, 3.63) is 102 Å². The van der Waals surface area contributed by atoms with Crippen molar-refractivity contribution in [2.45, 2.75) is 26.2 Å². The minimum absolute atomic E-state index is 0.191. The van der Waals surface area contributed by atoms with Crippen LogP contribution in [0.15, 0.2) is 91.0 Å². The predicted octanol–water partition coefficient (Wildman–Crippen LogP) is 6.33. The second-order valence-corrected chi connectivity index (χ2v) is 10.5. The van der Waals surface area contributed by atoms with E-state index in [4.69, 9.17) is 19.2 Å². The summed E-state index contributed by atoms with van der Waals surface area (Å²) in [6, 6.07) is 31.0. The van der Waals surface area contributed by atoms with Crippen molar-refractivity contribution in [2.75, 3.05) is 40.0 Å². The second kappa shape index (κ2) is 12.5.